The molecule has 0 unspecified atom stereocenters. The molecule has 0 bridgehead atoms. The monoisotopic (exact) mass is 356 g/mol. The zero-order chi connectivity index (χ0) is 17.6. The molecule has 6 nitrogen and oxygen atoms in total. The summed E-state index contributed by atoms with van der Waals surface area (Å²) in [5.74, 6) is 0.897. The van der Waals surface area contributed by atoms with E-state index >= 15 is 0 Å². The van der Waals surface area contributed by atoms with Crippen molar-refractivity contribution < 1.29 is 18.7 Å². The molecule has 0 saturated carbocycles. The molecule has 0 aliphatic heterocycles. The van der Waals surface area contributed by atoms with Crippen molar-refractivity contribution in [2.24, 2.45) is 0 Å². The van der Waals surface area contributed by atoms with E-state index < -0.39 is 12.1 Å². The maximum absolute atomic E-state index is 12.0. The summed E-state index contributed by atoms with van der Waals surface area (Å²) in [6.07, 6.45) is 2.37. The molecule has 128 valence electrons. The fourth-order valence-corrected chi connectivity index (χ4v) is 2.72. The number of carbonyl (C=O) groups excluding carboxylic acids is 1. The summed E-state index contributed by atoms with van der Waals surface area (Å²) in [7, 11) is 1.59. The van der Waals surface area contributed by atoms with Gasteiger partial charge in [-0.15, -0.1) is 21.5 Å². The van der Waals surface area contributed by atoms with Crippen LogP contribution in [0.25, 0.3) is 16.8 Å². The number of hydrogen-bond donors (Lipinski definition) is 0. The molecule has 3 aromatic rings. The Labute approximate surface area is 148 Å². The van der Waals surface area contributed by atoms with Crippen molar-refractivity contribution in [2.75, 3.05) is 7.11 Å². The number of esters is 1. The third-order valence-electron chi connectivity index (χ3n) is 3.32. The first-order valence-corrected chi connectivity index (χ1v) is 8.43. The molecule has 0 spiro atoms. The van der Waals surface area contributed by atoms with Crippen LogP contribution in [-0.2, 0) is 9.53 Å². The zero-order valence-electron chi connectivity index (χ0n) is 13.7. The molecule has 0 aliphatic rings. The van der Waals surface area contributed by atoms with E-state index in [4.69, 9.17) is 13.9 Å². The van der Waals surface area contributed by atoms with Crippen molar-refractivity contribution in [3.05, 3.63) is 59.3 Å². The SMILES string of the molecule is COc1cccc(/C=C/C(=O)O[C@@H](C)c2nnc(-c3cccs3)o2)c1. The number of methoxy groups -OCH3 is 1. The number of carbonyl (C=O) groups is 1. The molecule has 2 aromatic heterocycles. The van der Waals surface area contributed by atoms with Crippen LogP contribution in [0.3, 0.4) is 0 Å². The molecule has 3 rings (SSSR count). The number of benzene rings is 1. The predicted molar refractivity (Wildman–Crippen MR) is 94.1 cm³/mol. The van der Waals surface area contributed by atoms with Gasteiger partial charge in [0.05, 0.1) is 12.0 Å². The van der Waals surface area contributed by atoms with Gasteiger partial charge in [-0.1, -0.05) is 18.2 Å². The average Bonchev–Trinajstić information content (AvgIpc) is 3.31. The lowest BCUT2D eigenvalue weighted by atomic mass is 10.2. The fourth-order valence-electron chi connectivity index (χ4n) is 2.07. The maximum atomic E-state index is 12.0. The minimum absolute atomic E-state index is 0.256. The number of rotatable bonds is 6. The quantitative estimate of drug-likeness (QED) is 0.488. The minimum atomic E-state index is -0.635. The van der Waals surface area contributed by atoms with Crippen molar-refractivity contribution in [3.63, 3.8) is 0 Å². The van der Waals surface area contributed by atoms with Crippen molar-refractivity contribution in [1.82, 2.24) is 10.2 Å². The molecule has 0 aliphatic carbocycles. The van der Waals surface area contributed by atoms with E-state index in [1.54, 1.807) is 20.1 Å². The molecule has 1 atom stereocenters. The summed E-state index contributed by atoms with van der Waals surface area (Å²) < 4.78 is 16.0. The van der Waals surface area contributed by atoms with Gasteiger partial charge in [0, 0.05) is 6.08 Å². The van der Waals surface area contributed by atoms with E-state index in [0.29, 0.717) is 5.89 Å². The Hall–Kier alpha value is -2.93. The van der Waals surface area contributed by atoms with Crippen molar-refractivity contribution in [1.29, 1.82) is 0 Å². The smallest absolute Gasteiger partial charge is 0.331 e. The van der Waals surface area contributed by atoms with Crippen molar-refractivity contribution in [2.45, 2.75) is 13.0 Å². The van der Waals surface area contributed by atoms with Crippen LogP contribution in [0.1, 0.15) is 24.5 Å². The van der Waals surface area contributed by atoms with E-state index in [2.05, 4.69) is 10.2 Å². The van der Waals surface area contributed by atoms with E-state index in [9.17, 15) is 4.79 Å². The van der Waals surface area contributed by atoms with Crippen LogP contribution < -0.4 is 4.74 Å². The number of aromatic nitrogens is 2. The molecule has 1 aromatic carbocycles. The molecule has 0 radical (unpaired) electrons. The van der Waals surface area contributed by atoms with Crippen LogP contribution in [0.2, 0.25) is 0 Å². The second-order valence-corrected chi connectivity index (χ2v) is 6.06. The third-order valence-corrected chi connectivity index (χ3v) is 4.18. The van der Waals surface area contributed by atoms with Gasteiger partial charge in [0.15, 0.2) is 6.10 Å². The first-order valence-electron chi connectivity index (χ1n) is 7.56. The summed E-state index contributed by atoms with van der Waals surface area (Å²) in [5, 5.41) is 9.83. The Morgan fingerprint density at radius 1 is 1.28 bits per heavy atom. The topological polar surface area (TPSA) is 74.5 Å². The second-order valence-electron chi connectivity index (χ2n) is 5.11. The Bertz CT molecular complexity index is 871. The highest BCUT2D eigenvalue weighted by atomic mass is 32.1. The normalized spacial score (nSPS) is 12.2. The van der Waals surface area contributed by atoms with Crippen LogP contribution in [0.15, 0.2) is 52.3 Å². The van der Waals surface area contributed by atoms with Gasteiger partial charge in [-0.3, -0.25) is 0 Å². The molecular weight excluding hydrogens is 340 g/mol. The summed E-state index contributed by atoms with van der Waals surface area (Å²) >= 11 is 1.50. The number of ether oxygens (including phenoxy) is 2. The summed E-state index contributed by atoms with van der Waals surface area (Å²) in [6.45, 7) is 1.68. The minimum Gasteiger partial charge on any atom is -0.497 e. The Kier molecular flexibility index (Phi) is 5.25. The third kappa shape index (κ3) is 4.33. The summed E-state index contributed by atoms with van der Waals surface area (Å²) in [4.78, 5) is 12.8. The zero-order valence-corrected chi connectivity index (χ0v) is 14.5. The van der Waals surface area contributed by atoms with E-state index in [1.807, 2.05) is 41.8 Å². The highest BCUT2D eigenvalue weighted by Gasteiger charge is 2.18. The molecule has 0 saturated heterocycles. The highest BCUT2D eigenvalue weighted by Crippen LogP contribution is 2.25. The van der Waals surface area contributed by atoms with Gasteiger partial charge in [-0.25, -0.2) is 4.79 Å². The van der Waals surface area contributed by atoms with E-state index in [-0.39, 0.29) is 5.89 Å². The molecule has 0 amide bonds. The fraction of sp³-hybridized carbons (Fsp3) is 0.167. The van der Waals surface area contributed by atoms with Gasteiger partial charge in [0.2, 0.25) is 0 Å². The van der Waals surface area contributed by atoms with Crippen LogP contribution in [-0.4, -0.2) is 23.3 Å². The lowest BCUT2D eigenvalue weighted by Gasteiger charge is -2.06. The van der Waals surface area contributed by atoms with Crippen molar-refractivity contribution in [3.8, 4) is 16.5 Å². The van der Waals surface area contributed by atoms with Crippen LogP contribution in [0.4, 0.5) is 0 Å². The number of thiophene rings is 1. The van der Waals surface area contributed by atoms with Crippen LogP contribution in [0, 0.1) is 0 Å². The van der Waals surface area contributed by atoms with Gasteiger partial charge in [0.25, 0.3) is 11.8 Å². The van der Waals surface area contributed by atoms with Crippen LogP contribution >= 0.6 is 11.3 Å². The average molecular weight is 356 g/mol. The molecular formula is C18H16N2O4S. The Morgan fingerprint density at radius 3 is 2.92 bits per heavy atom. The van der Waals surface area contributed by atoms with Gasteiger partial charge in [0.1, 0.15) is 5.75 Å². The molecule has 0 N–H and O–H groups in total. The van der Waals surface area contributed by atoms with E-state index in [1.165, 1.54) is 17.4 Å². The molecule has 0 fully saturated rings. The lowest BCUT2D eigenvalue weighted by Crippen LogP contribution is -2.06. The summed E-state index contributed by atoms with van der Waals surface area (Å²) in [5.41, 5.74) is 0.835. The number of hydrogen-bond acceptors (Lipinski definition) is 7. The van der Waals surface area contributed by atoms with Gasteiger partial charge >= 0.3 is 5.97 Å². The maximum Gasteiger partial charge on any atom is 0.331 e. The molecule has 7 heteroatoms. The second kappa shape index (κ2) is 7.76. The first-order chi connectivity index (χ1) is 12.2. The van der Waals surface area contributed by atoms with Crippen molar-refractivity contribution >= 4 is 23.4 Å². The largest absolute Gasteiger partial charge is 0.497 e. The van der Waals surface area contributed by atoms with Gasteiger partial charge in [-0.05, 0) is 42.1 Å². The highest BCUT2D eigenvalue weighted by molar-refractivity contribution is 7.13. The Balaban J connectivity index is 1.61. The standard InChI is InChI=1S/C18H16N2O4S/c1-12(17-19-20-18(24-17)15-7-4-10-25-15)23-16(21)9-8-13-5-3-6-14(11-13)22-2/h3-12H,1-2H3/b9-8+/t12-/m0/s1. The van der Waals surface area contributed by atoms with Crippen LogP contribution in [0.5, 0.6) is 5.75 Å². The predicted octanol–water partition coefficient (Wildman–Crippen LogP) is 4.12. The summed E-state index contributed by atoms with van der Waals surface area (Å²) in [6, 6.07) is 11.1. The Morgan fingerprint density at radius 2 is 2.16 bits per heavy atom. The van der Waals surface area contributed by atoms with Gasteiger partial charge in [-0.2, -0.15) is 0 Å². The molecule has 25 heavy (non-hydrogen) atoms. The first kappa shape index (κ1) is 16.9. The van der Waals surface area contributed by atoms with E-state index in [0.717, 1.165) is 16.2 Å². The number of nitrogens with zero attached hydrogens (tertiary/aromatic N) is 2. The lowest BCUT2D eigenvalue weighted by molar-refractivity contribution is -0.143. The van der Waals surface area contributed by atoms with Gasteiger partial charge < -0.3 is 13.9 Å². The molecule has 2 heterocycles.